The van der Waals surface area contributed by atoms with Crippen LogP contribution in [0.2, 0.25) is 0 Å². The molecule has 0 aromatic heterocycles. The van der Waals surface area contributed by atoms with E-state index in [2.05, 4.69) is 68.2 Å². The van der Waals surface area contributed by atoms with Crippen LogP contribution in [0.25, 0.3) is 0 Å². The monoisotopic (exact) mass is 373 g/mol. The lowest BCUT2D eigenvalue weighted by Crippen LogP contribution is -2.00. The Kier molecular flexibility index (Phi) is 6.49. The van der Waals surface area contributed by atoms with Crippen LogP contribution in [0.1, 0.15) is 34.7 Å². The zero-order valence-electron chi connectivity index (χ0n) is 17.0. The van der Waals surface area contributed by atoms with Crippen molar-refractivity contribution in [3.05, 3.63) is 88.5 Å². The van der Waals surface area contributed by atoms with E-state index in [1.807, 2.05) is 31.3 Å². The van der Waals surface area contributed by atoms with E-state index in [-0.39, 0.29) is 0 Å². The van der Waals surface area contributed by atoms with Gasteiger partial charge in [0.15, 0.2) is 11.5 Å². The molecule has 0 unspecified atom stereocenters. The molecule has 28 heavy (non-hydrogen) atoms. The van der Waals surface area contributed by atoms with E-state index in [0.717, 1.165) is 33.9 Å². The molecule has 3 nitrogen and oxygen atoms in total. The first-order valence-corrected chi connectivity index (χ1v) is 9.61. The lowest BCUT2D eigenvalue weighted by molar-refractivity contribution is 0.269. The first-order valence-electron chi connectivity index (χ1n) is 9.61. The number of ether oxygens (including phenoxy) is 2. The van der Waals surface area contributed by atoms with Gasteiger partial charge in [0, 0.05) is 6.21 Å². The van der Waals surface area contributed by atoms with Crippen molar-refractivity contribution in [3.63, 3.8) is 0 Å². The first kappa shape index (κ1) is 19.7. The molecule has 0 aliphatic carbocycles. The molecular formula is C25H27NO2. The summed E-state index contributed by atoms with van der Waals surface area (Å²) in [6, 6.07) is 20.6. The summed E-state index contributed by atoms with van der Waals surface area (Å²) in [4.78, 5) is 4.65. The Morgan fingerprint density at radius 1 is 0.786 bits per heavy atom. The molecule has 3 aromatic rings. The molecular weight excluding hydrogens is 346 g/mol. The fourth-order valence-electron chi connectivity index (χ4n) is 2.84. The van der Waals surface area contributed by atoms with Gasteiger partial charge in [-0.1, -0.05) is 42.0 Å². The summed E-state index contributed by atoms with van der Waals surface area (Å²) in [5, 5.41) is 0. The van der Waals surface area contributed by atoms with Crippen LogP contribution in [-0.2, 0) is 6.61 Å². The fraction of sp³-hybridized carbons (Fsp3) is 0.240. The molecule has 144 valence electrons. The molecule has 0 bridgehead atoms. The minimum absolute atomic E-state index is 0.510. The molecule has 0 N–H and O–H groups in total. The summed E-state index contributed by atoms with van der Waals surface area (Å²) in [7, 11) is 0. The van der Waals surface area contributed by atoms with Gasteiger partial charge in [0.1, 0.15) is 6.61 Å². The highest BCUT2D eigenvalue weighted by Crippen LogP contribution is 2.29. The largest absolute Gasteiger partial charge is 0.490 e. The molecule has 0 saturated heterocycles. The van der Waals surface area contributed by atoms with Crippen molar-refractivity contribution in [1.29, 1.82) is 0 Å². The van der Waals surface area contributed by atoms with Crippen LogP contribution in [0, 0.1) is 20.8 Å². The maximum atomic E-state index is 6.00. The molecule has 0 radical (unpaired) electrons. The van der Waals surface area contributed by atoms with Crippen LogP contribution in [0.4, 0.5) is 5.69 Å². The van der Waals surface area contributed by atoms with E-state index in [9.17, 15) is 0 Å². The maximum Gasteiger partial charge on any atom is 0.161 e. The predicted molar refractivity (Wildman–Crippen MR) is 116 cm³/mol. The molecule has 0 spiro atoms. The Labute approximate surface area is 167 Å². The summed E-state index contributed by atoms with van der Waals surface area (Å²) in [5.74, 6) is 1.48. The SMILES string of the molecule is CCOc1cc(C=Nc2cc(C)ccc2C)ccc1OCc1ccc(C)cc1. The number of aliphatic imine (C=N–C) groups is 1. The van der Waals surface area contributed by atoms with Crippen LogP contribution in [0.3, 0.4) is 0 Å². The number of hydrogen-bond donors (Lipinski definition) is 0. The highest BCUT2D eigenvalue weighted by Gasteiger charge is 2.07. The molecule has 0 aliphatic heterocycles. The third-order valence-corrected chi connectivity index (χ3v) is 4.50. The molecule has 0 atom stereocenters. The fourth-order valence-corrected chi connectivity index (χ4v) is 2.84. The van der Waals surface area contributed by atoms with Crippen molar-refractivity contribution >= 4 is 11.9 Å². The topological polar surface area (TPSA) is 30.8 Å². The Bertz CT molecular complexity index is 959. The average Bonchev–Trinajstić information content (AvgIpc) is 2.69. The van der Waals surface area contributed by atoms with Crippen molar-refractivity contribution in [2.24, 2.45) is 4.99 Å². The molecule has 0 aliphatic rings. The van der Waals surface area contributed by atoms with E-state index in [0.29, 0.717) is 13.2 Å². The van der Waals surface area contributed by atoms with Crippen molar-refractivity contribution < 1.29 is 9.47 Å². The van der Waals surface area contributed by atoms with E-state index in [1.54, 1.807) is 0 Å². The first-order chi connectivity index (χ1) is 13.5. The molecule has 0 heterocycles. The molecule has 3 rings (SSSR count). The normalized spacial score (nSPS) is 11.0. The summed E-state index contributed by atoms with van der Waals surface area (Å²) in [6.07, 6.45) is 1.87. The van der Waals surface area contributed by atoms with Gasteiger partial charge in [-0.3, -0.25) is 4.99 Å². The summed E-state index contributed by atoms with van der Waals surface area (Å²) >= 11 is 0. The van der Waals surface area contributed by atoms with Crippen molar-refractivity contribution in [1.82, 2.24) is 0 Å². The molecule has 0 amide bonds. The number of benzene rings is 3. The van der Waals surface area contributed by atoms with E-state index >= 15 is 0 Å². The second-order valence-electron chi connectivity index (χ2n) is 6.96. The van der Waals surface area contributed by atoms with Gasteiger partial charge >= 0.3 is 0 Å². The predicted octanol–water partition coefficient (Wildman–Crippen LogP) is 6.34. The third-order valence-electron chi connectivity index (χ3n) is 4.50. The van der Waals surface area contributed by atoms with Crippen LogP contribution in [0.5, 0.6) is 11.5 Å². The number of hydrogen-bond acceptors (Lipinski definition) is 3. The van der Waals surface area contributed by atoms with Gasteiger partial charge < -0.3 is 9.47 Å². The Morgan fingerprint density at radius 2 is 1.54 bits per heavy atom. The molecule has 0 saturated carbocycles. The van der Waals surface area contributed by atoms with Gasteiger partial charge in [-0.05, 0) is 74.2 Å². The Balaban J connectivity index is 1.77. The van der Waals surface area contributed by atoms with Crippen molar-refractivity contribution in [3.8, 4) is 11.5 Å². The number of aryl methyl sites for hydroxylation is 3. The minimum Gasteiger partial charge on any atom is -0.490 e. The number of nitrogens with zero attached hydrogens (tertiary/aromatic N) is 1. The molecule has 3 aromatic carbocycles. The number of rotatable bonds is 7. The Morgan fingerprint density at radius 3 is 2.29 bits per heavy atom. The van der Waals surface area contributed by atoms with E-state index in [4.69, 9.17) is 9.47 Å². The quantitative estimate of drug-likeness (QED) is 0.452. The van der Waals surface area contributed by atoms with Crippen molar-refractivity contribution in [2.45, 2.75) is 34.3 Å². The highest BCUT2D eigenvalue weighted by molar-refractivity contribution is 5.83. The second kappa shape index (κ2) is 9.23. The highest BCUT2D eigenvalue weighted by atomic mass is 16.5. The molecule has 3 heteroatoms. The van der Waals surface area contributed by atoms with E-state index < -0.39 is 0 Å². The van der Waals surface area contributed by atoms with Gasteiger partial charge in [-0.2, -0.15) is 0 Å². The van der Waals surface area contributed by atoms with Crippen LogP contribution in [0.15, 0.2) is 65.7 Å². The van der Waals surface area contributed by atoms with Gasteiger partial charge in [0.2, 0.25) is 0 Å². The summed E-state index contributed by atoms with van der Waals surface area (Å²) in [5.41, 5.74) is 6.70. The van der Waals surface area contributed by atoms with Crippen molar-refractivity contribution in [2.75, 3.05) is 6.61 Å². The summed E-state index contributed by atoms with van der Waals surface area (Å²) in [6.45, 7) is 9.29. The van der Waals surface area contributed by atoms with Gasteiger partial charge in [0.05, 0.1) is 12.3 Å². The Hall–Kier alpha value is -3.07. The summed E-state index contributed by atoms with van der Waals surface area (Å²) < 4.78 is 11.8. The smallest absolute Gasteiger partial charge is 0.161 e. The second-order valence-corrected chi connectivity index (χ2v) is 6.96. The lowest BCUT2D eigenvalue weighted by Gasteiger charge is -2.13. The standard InChI is InChI=1S/C25H27NO2/c1-5-27-25-15-22(16-26-23-14-19(3)6-9-20(23)4)12-13-24(25)28-17-21-10-7-18(2)8-11-21/h6-16H,5,17H2,1-4H3. The average molecular weight is 373 g/mol. The van der Waals surface area contributed by atoms with Crippen LogP contribution in [-0.4, -0.2) is 12.8 Å². The van der Waals surface area contributed by atoms with Crippen LogP contribution < -0.4 is 9.47 Å². The van der Waals surface area contributed by atoms with Gasteiger partial charge in [-0.25, -0.2) is 0 Å². The minimum atomic E-state index is 0.510. The zero-order chi connectivity index (χ0) is 19.9. The lowest BCUT2D eigenvalue weighted by atomic mass is 10.1. The van der Waals surface area contributed by atoms with E-state index in [1.165, 1.54) is 11.1 Å². The maximum absolute atomic E-state index is 6.00. The molecule has 0 fully saturated rings. The van der Waals surface area contributed by atoms with Gasteiger partial charge in [0.25, 0.3) is 0 Å². The third kappa shape index (κ3) is 5.23. The van der Waals surface area contributed by atoms with Gasteiger partial charge in [-0.15, -0.1) is 0 Å². The zero-order valence-corrected chi connectivity index (χ0v) is 17.0. The van der Waals surface area contributed by atoms with Crippen LogP contribution >= 0.6 is 0 Å².